The van der Waals surface area contributed by atoms with Crippen LogP contribution in [-0.2, 0) is 11.3 Å². The van der Waals surface area contributed by atoms with Crippen molar-refractivity contribution < 1.29 is 9.59 Å². The SMILES string of the molecule is CCNC(=O)N(Cc1cc(NC(=O)CC)ccc1N(C)C)C1CCCCC1. The molecule has 0 heterocycles. The Bertz CT molecular complexity index is 639. The molecule has 0 aromatic heterocycles. The average molecular weight is 375 g/mol. The second kappa shape index (κ2) is 10.2. The van der Waals surface area contributed by atoms with E-state index in [0.717, 1.165) is 29.8 Å². The van der Waals surface area contributed by atoms with Gasteiger partial charge in [0, 0.05) is 51.0 Å². The fourth-order valence-corrected chi connectivity index (χ4v) is 3.67. The van der Waals surface area contributed by atoms with Crippen molar-refractivity contribution >= 4 is 23.3 Å². The molecular formula is C21H34N4O2. The third kappa shape index (κ3) is 5.88. The van der Waals surface area contributed by atoms with Crippen LogP contribution in [0.2, 0.25) is 0 Å². The Balaban J connectivity index is 2.31. The lowest BCUT2D eigenvalue weighted by atomic mass is 9.94. The van der Waals surface area contributed by atoms with Crippen LogP contribution >= 0.6 is 0 Å². The minimum atomic E-state index is -0.00795. The Morgan fingerprint density at radius 3 is 2.41 bits per heavy atom. The number of rotatable bonds is 7. The Labute approximate surface area is 163 Å². The van der Waals surface area contributed by atoms with Gasteiger partial charge in [-0.05, 0) is 43.5 Å². The van der Waals surface area contributed by atoms with Gasteiger partial charge in [-0.2, -0.15) is 0 Å². The van der Waals surface area contributed by atoms with E-state index < -0.39 is 0 Å². The van der Waals surface area contributed by atoms with E-state index in [1.54, 1.807) is 0 Å². The van der Waals surface area contributed by atoms with Crippen molar-refractivity contribution in [1.29, 1.82) is 0 Å². The number of urea groups is 1. The van der Waals surface area contributed by atoms with Gasteiger partial charge in [-0.1, -0.05) is 26.2 Å². The summed E-state index contributed by atoms with van der Waals surface area (Å²) >= 11 is 0. The molecule has 0 radical (unpaired) electrons. The van der Waals surface area contributed by atoms with Gasteiger partial charge in [0.2, 0.25) is 5.91 Å². The fourth-order valence-electron chi connectivity index (χ4n) is 3.67. The van der Waals surface area contributed by atoms with E-state index in [4.69, 9.17) is 0 Å². The minimum absolute atomic E-state index is 0.00268. The first-order chi connectivity index (χ1) is 13.0. The maximum Gasteiger partial charge on any atom is 0.317 e. The molecule has 0 unspecified atom stereocenters. The summed E-state index contributed by atoms with van der Waals surface area (Å²) in [7, 11) is 4.00. The summed E-state index contributed by atoms with van der Waals surface area (Å²) in [5.74, 6) is -0.00795. The molecule has 0 atom stereocenters. The van der Waals surface area contributed by atoms with E-state index in [1.165, 1.54) is 19.3 Å². The highest BCUT2D eigenvalue weighted by Gasteiger charge is 2.26. The topological polar surface area (TPSA) is 64.7 Å². The zero-order chi connectivity index (χ0) is 19.8. The summed E-state index contributed by atoms with van der Waals surface area (Å²) in [5.41, 5.74) is 2.89. The Morgan fingerprint density at radius 1 is 1.11 bits per heavy atom. The molecule has 6 nitrogen and oxygen atoms in total. The summed E-state index contributed by atoms with van der Waals surface area (Å²) in [6, 6.07) is 6.20. The van der Waals surface area contributed by atoms with E-state index >= 15 is 0 Å². The molecule has 0 bridgehead atoms. The Kier molecular flexibility index (Phi) is 7.95. The van der Waals surface area contributed by atoms with E-state index in [0.29, 0.717) is 19.5 Å². The number of nitrogens with one attached hydrogen (secondary N) is 2. The lowest BCUT2D eigenvalue weighted by Crippen LogP contribution is -2.46. The van der Waals surface area contributed by atoms with Crippen LogP contribution in [0.15, 0.2) is 18.2 Å². The van der Waals surface area contributed by atoms with Gasteiger partial charge in [0.15, 0.2) is 0 Å². The standard InChI is InChI=1S/C21H34N4O2/c1-5-20(26)23-17-12-13-19(24(3)4)16(14-17)15-25(21(27)22-6-2)18-10-8-7-9-11-18/h12-14,18H,5-11,15H2,1-4H3,(H,22,27)(H,23,26). The third-order valence-electron chi connectivity index (χ3n) is 5.11. The first-order valence-electron chi connectivity index (χ1n) is 10.1. The molecule has 0 spiro atoms. The third-order valence-corrected chi connectivity index (χ3v) is 5.11. The van der Waals surface area contributed by atoms with E-state index in [2.05, 4.69) is 15.5 Å². The highest BCUT2D eigenvalue weighted by atomic mass is 16.2. The van der Waals surface area contributed by atoms with Crippen LogP contribution in [-0.4, -0.2) is 43.5 Å². The monoisotopic (exact) mass is 374 g/mol. The van der Waals surface area contributed by atoms with E-state index in [-0.39, 0.29) is 18.0 Å². The van der Waals surface area contributed by atoms with Gasteiger partial charge in [-0.15, -0.1) is 0 Å². The lowest BCUT2D eigenvalue weighted by Gasteiger charge is -2.35. The first kappa shape index (κ1) is 21.1. The average Bonchev–Trinajstić information content (AvgIpc) is 2.66. The van der Waals surface area contributed by atoms with Crippen LogP contribution < -0.4 is 15.5 Å². The van der Waals surface area contributed by atoms with Crippen LogP contribution in [0.25, 0.3) is 0 Å². The van der Waals surface area contributed by atoms with Crippen molar-refractivity contribution in [3.63, 3.8) is 0 Å². The molecule has 27 heavy (non-hydrogen) atoms. The maximum atomic E-state index is 12.8. The van der Waals surface area contributed by atoms with Crippen LogP contribution in [0.4, 0.5) is 16.2 Å². The van der Waals surface area contributed by atoms with Crippen molar-refractivity contribution in [2.45, 2.75) is 65.0 Å². The summed E-state index contributed by atoms with van der Waals surface area (Å²) < 4.78 is 0. The first-order valence-corrected chi connectivity index (χ1v) is 10.1. The van der Waals surface area contributed by atoms with Crippen molar-refractivity contribution in [3.8, 4) is 0 Å². The number of carbonyl (C=O) groups is 2. The summed E-state index contributed by atoms with van der Waals surface area (Å²) in [6.07, 6.45) is 6.15. The van der Waals surface area contributed by atoms with E-state index in [9.17, 15) is 9.59 Å². The predicted octanol–water partition coefficient (Wildman–Crippen LogP) is 3.97. The molecule has 0 aliphatic heterocycles. The summed E-state index contributed by atoms with van der Waals surface area (Å²) in [4.78, 5) is 28.6. The second-order valence-electron chi connectivity index (χ2n) is 7.39. The van der Waals surface area contributed by atoms with Gasteiger partial charge in [0.1, 0.15) is 0 Å². The zero-order valence-electron chi connectivity index (χ0n) is 17.2. The molecule has 1 aliphatic rings. The molecule has 2 rings (SSSR count). The molecule has 6 heteroatoms. The number of benzene rings is 1. The molecule has 3 amide bonds. The lowest BCUT2D eigenvalue weighted by molar-refractivity contribution is -0.115. The predicted molar refractivity (Wildman–Crippen MR) is 111 cm³/mol. The molecule has 1 saturated carbocycles. The maximum absolute atomic E-state index is 12.8. The fraction of sp³-hybridized carbons (Fsp3) is 0.619. The highest BCUT2D eigenvalue weighted by Crippen LogP contribution is 2.29. The van der Waals surface area contributed by atoms with Crippen molar-refractivity contribution in [2.24, 2.45) is 0 Å². The summed E-state index contributed by atoms with van der Waals surface area (Å²) in [5, 5.41) is 5.90. The van der Waals surface area contributed by atoms with Gasteiger partial charge in [0.25, 0.3) is 0 Å². The van der Waals surface area contributed by atoms with Gasteiger partial charge in [-0.3, -0.25) is 4.79 Å². The quantitative estimate of drug-likeness (QED) is 0.759. The zero-order valence-corrected chi connectivity index (χ0v) is 17.2. The minimum Gasteiger partial charge on any atom is -0.377 e. The van der Waals surface area contributed by atoms with Gasteiger partial charge >= 0.3 is 6.03 Å². The molecule has 2 N–H and O–H groups in total. The number of nitrogens with zero attached hydrogens (tertiary/aromatic N) is 2. The molecule has 1 fully saturated rings. The largest absolute Gasteiger partial charge is 0.377 e. The molecule has 150 valence electrons. The van der Waals surface area contributed by atoms with Gasteiger partial charge in [-0.25, -0.2) is 4.79 Å². The second-order valence-corrected chi connectivity index (χ2v) is 7.39. The van der Waals surface area contributed by atoms with Gasteiger partial charge in [0.05, 0.1) is 0 Å². The molecule has 1 aromatic carbocycles. The molecule has 0 saturated heterocycles. The van der Waals surface area contributed by atoms with Crippen LogP contribution in [0, 0.1) is 0 Å². The smallest absolute Gasteiger partial charge is 0.317 e. The van der Waals surface area contributed by atoms with Crippen molar-refractivity contribution in [1.82, 2.24) is 10.2 Å². The van der Waals surface area contributed by atoms with Crippen molar-refractivity contribution in [2.75, 3.05) is 30.9 Å². The normalized spacial score (nSPS) is 14.5. The number of anilines is 2. The Morgan fingerprint density at radius 2 is 1.81 bits per heavy atom. The summed E-state index contributed by atoms with van der Waals surface area (Å²) in [6.45, 7) is 4.95. The Hall–Kier alpha value is -2.24. The number of hydrogen-bond donors (Lipinski definition) is 2. The van der Waals surface area contributed by atoms with Gasteiger partial charge < -0.3 is 20.4 Å². The molecule has 1 aliphatic carbocycles. The van der Waals surface area contributed by atoms with Crippen LogP contribution in [0.5, 0.6) is 0 Å². The van der Waals surface area contributed by atoms with Crippen molar-refractivity contribution in [3.05, 3.63) is 23.8 Å². The highest BCUT2D eigenvalue weighted by molar-refractivity contribution is 5.90. The van der Waals surface area contributed by atoms with Crippen LogP contribution in [0.3, 0.4) is 0 Å². The molecular weight excluding hydrogens is 340 g/mol. The number of amides is 3. The number of carbonyl (C=O) groups excluding carboxylic acids is 2. The van der Waals surface area contributed by atoms with Crippen LogP contribution in [0.1, 0.15) is 57.9 Å². The number of hydrogen-bond acceptors (Lipinski definition) is 3. The van der Waals surface area contributed by atoms with E-state index in [1.807, 2.05) is 51.0 Å². The molecule has 1 aromatic rings.